The number of nitrogens with zero attached hydrogens (tertiary/aromatic N) is 1. The Morgan fingerprint density at radius 2 is 1.83 bits per heavy atom. The number of carbonyl (C=O) groups excluding carboxylic acids is 1. The Balaban J connectivity index is 2.37. The van der Waals surface area contributed by atoms with E-state index in [0.29, 0.717) is 6.54 Å². The summed E-state index contributed by atoms with van der Waals surface area (Å²) in [4.78, 5) is 10.8. The lowest BCUT2D eigenvalue weighted by Gasteiger charge is -2.07. The number of para-hydroxylation sites is 1. The van der Waals surface area contributed by atoms with Crippen LogP contribution in [0, 0.1) is 5.82 Å². The van der Waals surface area contributed by atoms with Crippen LogP contribution in [0.25, 0.3) is 28.1 Å². The Labute approximate surface area is 134 Å². The van der Waals surface area contributed by atoms with E-state index in [2.05, 4.69) is 11.1 Å². The maximum atomic E-state index is 13.3. The minimum absolute atomic E-state index is 0.270. The van der Waals surface area contributed by atoms with E-state index in [1.807, 2.05) is 30.3 Å². The molecule has 1 heterocycles. The Morgan fingerprint density at radius 1 is 1.09 bits per heavy atom. The smallest absolute Gasteiger partial charge is 0.142 e. The van der Waals surface area contributed by atoms with E-state index in [9.17, 15) is 9.18 Å². The topological polar surface area (TPSA) is 22.0 Å². The van der Waals surface area contributed by atoms with Crippen molar-refractivity contribution >= 4 is 23.3 Å². The molecule has 23 heavy (non-hydrogen) atoms. The van der Waals surface area contributed by atoms with Crippen molar-refractivity contribution in [2.45, 2.75) is 6.54 Å². The summed E-state index contributed by atoms with van der Waals surface area (Å²) in [5.74, 6) is -0.270. The van der Waals surface area contributed by atoms with Crippen LogP contribution in [0.1, 0.15) is 5.69 Å². The number of aldehydes is 1. The second-order valence-electron chi connectivity index (χ2n) is 5.18. The molecule has 0 radical (unpaired) electrons. The van der Waals surface area contributed by atoms with Gasteiger partial charge in [-0.3, -0.25) is 4.79 Å². The first-order chi connectivity index (χ1) is 11.3. The summed E-state index contributed by atoms with van der Waals surface area (Å²) in [5, 5.41) is 1.06. The largest absolute Gasteiger partial charge is 0.337 e. The van der Waals surface area contributed by atoms with Crippen molar-refractivity contribution < 1.29 is 9.18 Å². The molecule has 0 bridgehead atoms. The van der Waals surface area contributed by atoms with E-state index in [0.717, 1.165) is 34.0 Å². The van der Waals surface area contributed by atoms with Crippen LogP contribution in [0.3, 0.4) is 0 Å². The SMILES string of the molecule is C=CCn1c(C=CC=O)c(-c2ccc(F)cc2)c2ccccc21. The molecule has 3 aromatic rings. The van der Waals surface area contributed by atoms with Crippen molar-refractivity contribution in [3.63, 3.8) is 0 Å². The van der Waals surface area contributed by atoms with Gasteiger partial charge in [-0.15, -0.1) is 6.58 Å². The molecule has 1 aromatic heterocycles. The molecule has 0 saturated carbocycles. The van der Waals surface area contributed by atoms with Crippen molar-refractivity contribution in [1.82, 2.24) is 4.57 Å². The quantitative estimate of drug-likeness (QED) is 0.375. The van der Waals surface area contributed by atoms with E-state index in [1.54, 1.807) is 18.2 Å². The minimum atomic E-state index is -0.270. The number of fused-ring (bicyclic) bond motifs is 1. The van der Waals surface area contributed by atoms with Gasteiger partial charge in [0, 0.05) is 23.0 Å². The summed E-state index contributed by atoms with van der Waals surface area (Å²) in [5.41, 5.74) is 3.86. The molecule has 0 aliphatic rings. The van der Waals surface area contributed by atoms with Crippen molar-refractivity contribution in [2.24, 2.45) is 0 Å². The number of halogens is 1. The number of aromatic nitrogens is 1. The molecule has 0 atom stereocenters. The maximum absolute atomic E-state index is 13.3. The van der Waals surface area contributed by atoms with Crippen LogP contribution in [0.2, 0.25) is 0 Å². The monoisotopic (exact) mass is 305 g/mol. The number of allylic oxidation sites excluding steroid dienone is 2. The molecule has 0 N–H and O–H groups in total. The van der Waals surface area contributed by atoms with Gasteiger partial charge in [0.15, 0.2) is 0 Å². The average Bonchev–Trinajstić information content (AvgIpc) is 2.88. The molecule has 0 aliphatic carbocycles. The molecule has 3 rings (SSSR count). The highest BCUT2D eigenvalue weighted by Gasteiger charge is 2.16. The Morgan fingerprint density at radius 3 is 2.52 bits per heavy atom. The lowest BCUT2D eigenvalue weighted by Crippen LogP contribution is -1.97. The predicted octanol–water partition coefficient (Wildman–Crippen LogP) is 4.85. The van der Waals surface area contributed by atoms with Gasteiger partial charge in [0.1, 0.15) is 12.1 Å². The van der Waals surface area contributed by atoms with Gasteiger partial charge >= 0.3 is 0 Å². The van der Waals surface area contributed by atoms with Gasteiger partial charge in [0.2, 0.25) is 0 Å². The number of rotatable bonds is 5. The number of benzene rings is 2. The van der Waals surface area contributed by atoms with E-state index in [4.69, 9.17) is 0 Å². The van der Waals surface area contributed by atoms with E-state index in [-0.39, 0.29) is 5.82 Å². The lowest BCUT2D eigenvalue weighted by atomic mass is 10.0. The van der Waals surface area contributed by atoms with Crippen molar-refractivity contribution in [3.8, 4) is 11.1 Å². The van der Waals surface area contributed by atoms with Gasteiger partial charge < -0.3 is 4.57 Å². The molecule has 3 heteroatoms. The highest BCUT2D eigenvalue weighted by atomic mass is 19.1. The molecule has 2 aromatic carbocycles. The molecule has 0 saturated heterocycles. The molecule has 0 aliphatic heterocycles. The second-order valence-corrected chi connectivity index (χ2v) is 5.18. The van der Waals surface area contributed by atoms with Crippen LogP contribution < -0.4 is 0 Å². The van der Waals surface area contributed by atoms with Crippen molar-refractivity contribution in [2.75, 3.05) is 0 Å². The van der Waals surface area contributed by atoms with Gasteiger partial charge in [0.05, 0.1) is 5.69 Å². The van der Waals surface area contributed by atoms with Crippen molar-refractivity contribution in [3.05, 3.63) is 78.8 Å². The summed E-state index contributed by atoms with van der Waals surface area (Å²) in [6.45, 7) is 4.44. The van der Waals surface area contributed by atoms with Gasteiger partial charge in [0.25, 0.3) is 0 Å². The summed E-state index contributed by atoms with van der Waals surface area (Å²) in [7, 11) is 0. The third-order valence-electron chi connectivity index (χ3n) is 3.79. The van der Waals surface area contributed by atoms with E-state index < -0.39 is 0 Å². The van der Waals surface area contributed by atoms with Crippen molar-refractivity contribution in [1.29, 1.82) is 0 Å². The zero-order valence-electron chi connectivity index (χ0n) is 12.6. The Bertz CT molecular complexity index is 888. The van der Waals surface area contributed by atoms with Gasteiger partial charge in [-0.2, -0.15) is 0 Å². The molecule has 0 unspecified atom stereocenters. The van der Waals surface area contributed by atoms with Gasteiger partial charge in [-0.25, -0.2) is 4.39 Å². The Hall–Kier alpha value is -2.94. The standard InChI is InChI=1S/C20H16FNO/c1-2-13-22-18-7-4-3-6-17(18)20(19(22)8-5-14-23)15-9-11-16(21)12-10-15/h2-12,14H,1,13H2. The lowest BCUT2D eigenvalue weighted by molar-refractivity contribution is -0.104. The van der Waals surface area contributed by atoms with Crippen LogP contribution in [0.5, 0.6) is 0 Å². The van der Waals surface area contributed by atoms with Crippen LogP contribution in [0.15, 0.2) is 67.3 Å². The second kappa shape index (κ2) is 6.44. The highest BCUT2D eigenvalue weighted by Crippen LogP contribution is 2.36. The number of hydrogen-bond acceptors (Lipinski definition) is 1. The fourth-order valence-corrected chi connectivity index (χ4v) is 2.87. The summed E-state index contributed by atoms with van der Waals surface area (Å²) in [6.07, 6.45) is 5.83. The van der Waals surface area contributed by atoms with Crippen LogP contribution in [-0.2, 0) is 11.3 Å². The predicted molar refractivity (Wildman–Crippen MR) is 92.6 cm³/mol. The van der Waals surface area contributed by atoms with E-state index in [1.165, 1.54) is 18.2 Å². The van der Waals surface area contributed by atoms with Gasteiger partial charge in [-0.1, -0.05) is 36.4 Å². The number of carbonyl (C=O) groups is 1. The summed E-state index contributed by atoms with van der Waals surface area (Å²) in [6, 6.07) is 14.4. The first kappa shape index (κ1) is 15.0. The number of hydrogen-bond donors (Lipinski definition) is 0. The van der Waals surface area contributed by atoms with E-state index >= 15 is 0 Å². The first-order valence-corrected chi connectivity index (χ1v) is 7.36. The van der Waals surface area contributed by atoms with Crippen LogP contribution in [-0.4, -0.2) is 10.9 Å². The fraction of sp³-hybridized carbons (Fsp3) is 0.0500. The molecule has 114 valence electrons. The Kier molecular flexibility index (Phi) is 4.20. The zero-order chi connectivity index (χ0) is 16.2. The molecular formula is C20H16FNO. The normalized spacial score (nSPS) is 11.2. The molecule has 0 fully saturated rings. The molecule has 0 amide bonds. The summed E-state index contributed by atoms with van der Waals surface area (Å²) < 4.78 is 15.4. The third kappa shape index (κ3) is 2.73. The minimum Gasteiger partial charge on any atom is -0.337 e. The highest BCUT2D eigenvalue weighted by molar-refractivity contribution is 6.01. The van der Waals surface area contributed by atoms with Crippen LogP contribution >= 0.6 is 0 Å². The molecular weight excluding hydrogens is 289 g/mol. The van der Waals surface area contributed by atoms with Crippen LogP contribution in [0.4, 0.5) is 4.39 Å². The zero-order valence-corrected chi connectivity index (χ0v) is 12.6. The van der Waals surface area contributed by atoms with Gasteiger partial charge in [-0.05, 0) is 35.9 Å². The average molecular weight is 305 g/mol. The molecule has 2 nitrogen and oxygen atoms in total. The summed E-state index contributed by atoms with van der Waals surface area (Å²) >= 11 is 0. The third-order valence-corrected chi connectivity index (χ3v) is 3.79. The first-order valence-electron chi connectivity index (χ1n) is 7.36. The molecule has 0 spiro atoms. The fourth-order valence-electron chi connectivity index (χ4n) is 2.87. The maximum Gasteiger partial charge on any atom is 0.142 e.